The summed E-state index contributed by atoms with van der Waals surface area (Å²) in [7, 11) is 0. The van der Waals surface area contributed by atoms with Crippen LogP contribution in [-0.4, -0.2) is 78.7 Å². The number of nitrogens with one attached hydrogen (secondary N) is 1. The molecule has 2 aromatic heterocycles. The number of nitrogens with zero attached hydrogens (tertiary/aromatic N) is 4. The van der Waals surface area contributed by atoms with E-state index in [-0.39, 0.29) is 36.6 Å². The lowest BCUT2D eigenvalue weighted by Crippen LogP contribution is -2.34. The molecule has 2 fully saturated rings. The Kier molecular flexibility index (Phi) is 7.53. The zero-order valence-corrected chi connectivity index (χ0v) is 20.3. The van der Waals surface area contributed by atoms with E-state index in [9.17, 15) is 19.8 Å². The van der Waals surface area contributed by atoms with Crippen molar-refractivity contribution in [2.45, 2.75) is 83.6 Å². The van der Waals surface area contributed by atoms with Crippen LogP contribution in [-0.2, 0) is 23.8 Å². The number of anilines is 1. The first-order valence-corrected chi connectivity index (χ1v) is 12.0. The van der Waals surface area contributed by atoms with E-state index >= 15 is 0 Å². The lowest BCUT2D eigenvalue weighted by atomic mass is 10.1. The molecule has 0 bridgehead atoms. The SMILES string of the molecule is CC(C)C(=O)OC[C@H]1OC(n2cnc3c(N[C@@H]4CC[C@@H](OC(=O)C(C)C)C4)ncnc32)[C@H](O)[C@@H]1O. The van der Waals surface area contributed by atoms with Gasteiger partial charge in [0.1, 0.15) is 37.4 Å². The highest BCUT2D eigenvalue weighted by Gasteiger charge is 2.45. The molecule has 1 saturated heterocycles. The van der Waals surface area contributed by atoms with Gasteiger partial charge in [0, 0.05) is 12.5 Å². The van der Waals surface area contributed by atoms with Gasteiger partial charge in [0.2, 0.25) is 0 Å². The van der Waals surface area contributed by atoms with E-state index in [1.54, 1.807) is 13.8 Å². The van der Waals surface area contributed by atoms with E-state index in [1.807, 2.05) is 13.8 Å². The molecule has 1 unspecified atom stereocenters. The summed E-state index contributed by atoms with van der Waals surface area (Å²) in [5.41, 5.74) is 0.898. The predicted molar refractivity (Wildman–Crippen MR) is 123 cm³/mol. The number of ether oxygens (including phenoxy) is 3. The number of hydrogen-bond donors (Lipinski definition) is 3. The zero-order valence-electron chi connectivity index (χ0n) is 20.3. The van der Waals surface area contributed by atoms with E-state index in [2.05, 4.69) is 20.3 Å². The zero-order chi connectivity index (χ0) is 25.3. The van der Waals surface area contributed by atoms with Gasteiger partial charge in [-0.25, -0.2) is 15.0 Å². The fourth-order valence-corrected chi connectivity index (χ4v) is 4.24. The molecule has 2 aliphatic rings. The number of esters is 2. The van der Waals surface area contributed by atoms with E-state index in [0.717, 1.165) is 12.8 Å². The molecule has 192 valence electrons. The molecule has 0 spiro atoms. The number of aliphatic hydroxyl groups is 2. The van der Waals surface area contributed by atoms with Crippen LogP contribution in [0.4, 0.5) is 5.82 Å². The highest BCUT2D eigenvalue weighted by Crippen LogP contribution is 2.33. The van der Waals surface area contributed by atoms with Gasteiger partial charge in [0.15, 0.2) is 23.2 Å². The molecule has 1 saturated carbocycles. The fraction of sp³-hybridized carbons (Fsp3) is 0.696. The van der Waals surface area contributed by atoms with E-state index in [0.29, 0.717) is 23.4 Å². The number of rotatable bonds is 8. The standard InChI is InChI=1S/C23H33N5O7/c1-11(2)22(31)33-8-15-17(29)18(30)21(35-15)28-10-26-16-19(24-9-25-20(16)28)27-13-5-6-14(7-13)34-23(32)12(3)4/h9-15,17-18,21,29-30H,5-8H2,1-4H3,(H,24,25,27)/t13-,14-,15-,17-,18-,21?/m1/s1. The van der Waals surface area contributed by atoms with Crippen molar-refractivity contribution in [2.75, 3.05) is 11.9 Å². The van der Waals surface area contributed by atoms with Crippen molar-refractivity contribution in [1.29, 1.82) is 0 Å². The second kappa shape index (κ2) is 10.4. The number of aromatic nitrogens is 4. The Hall–Kier alpha value is -2.83. The van der Waals surface area contributed by atoms with Gasteiger partial charge in [0.25, 0.3) is 0 Å². The van der Waals surface area contributed by atoms with E-state index in [1.165, 1.54) is 17.2 Å². The maximum atomic E-state index is 11.9. The lowest BCUT2D eigenvalue weighted by Gasteiger charge is -2.17. The number of aliphatic hydroxyl groups excluding tert-OH is 2. The first-order chi connectivity index (χ1) is 16.7. The molecule has 4 rings (SSSR count). The summed E-state index contributed by atoms with van der Waals surface area (Å²) in [4.78, 5) is 36.7. The van der Waals surface area contributed by atoms with Crippen LogP contribution in [0.3, 0.4) is 0 Å². The number of fused-ring (bicyclic) bond motifs is 1. The Bertz CT molecular complexity index is 1060. The molecule has 12 nitrogen and oxygen atoms in total. The molecule has 0 radical (unpaired) electrons. The summed E-state index contributed by atoms with van der Waals surface area (Å²) in [5, 5.41) is 24.4. The van der Waals surface area contributed by atoms with Crippen LogP contribution in [0.1, 0.15) is 53.2 Å². The summed E-state index contributed by atoms with van der Waals surface area (Å²) < 4.78 is 18.1. The van der Waals surface area contributed by atoms with E-state index < -0.39 is 30.5 Å². The van der Waals surface area contributed by atoms with Gasteiger partial charge >= 0.3 is 11.9 Å². The minimum atomic E-state index is -1.27. The molecule has 35 heavy (non-hydrogen) atoms. The fourth-order valence-electron chi connectivity index (χ4n) is 4.24. The number of hydrogen-bond acceptors (Lipinski definition) is 11. The maximum absolute atomic E-state index is 11.9. The second-order valence-electron chi connectivity index (χ2n) is 9.75. The average molecular weight is 492 g/mol. The van der Waals surface area contributed by atoms with Crippen LogP contribution < -0.4 is 5.32 Å². The summed E-state index contributed by atoms with van der Waals surface area (Å²) in [6.45, 7) is 6.86. The van der Waals surface area contributed by atoms with Crippen LogP contribution in [0.25, 0.3) is 11.2 Å². The summed E-state index contributed by atoms with van der Waals surface area (Å²) in [5.74, 6) is -0.574. The van der Waals surface area contributed by atoms with Crippen molar-refractivity contribution >= 4 is 28.9 Å². The van der Waals surface area contributed by atoms with Crippen molar-refractivity contribution in [3.05, 3.63) is 12.7 Å². The van der Waals surface area contributed by atoms with Gasteiger partial charge in [-0.3, -0.25) is 14.2 Å². The summed E-state index contributed by atoms with van der Waals surface area (Å²) in [6.07, 6.45) is 0.583. The molecule has 2 aromatic rings. The number of imidazole rings is 1. The highest BCUT2D eigenvalue weighted by atomic mass is 16.6. The molecule has 6 atom stereocenters. The third-order valence-electron chi connectivity index (χ3n) is 6.31. The Morgan fingerprint density at radius 1 is 1.11 bits per heavy atom. The Balaban J connectivity index is 1.44. The molecule has 0 aromatic carbocycles. The molecule has 1 aliphatic heterocycles. The molecule has 3 heterocycles. The van der Waals surface area contributed by atoms with Gasteiger partial charge in [-0.2, -0.15) is 0 Å². The Labute approximate surface area is 203 Å². The largest absolute Gasteiger partial charge is 0.463 e. The third-order valence-corrected chi connectivity index (χ3v) is 6.31. The predicted octanol–water partition coefficient (Wildman–Crippen LogP) is 1.18. The smallest absolute Gasteiger partial charge is 0.308 e. The maximum Gasteiger partial charge on any atom is 0.308 e. The number of carbonyl (C=O) groups is 2. The quantitative estimate of drug-likeness (QED) is 0.455. The average Bonchev–Trinajstić information content (AvgIpc) is 3.51. The van der Waals surface area contributed by atoms with Gasteiger partial charge in [-0.1, -0.05) is 27.7 Å². The molecule has 0 amide bonds. The van der Waals surface area contributed by atoms with Crippen LogP contribution >= 0.6 is 0 Å². The molecule has 3 N–H and O–H groups in total. The second-order valence-corrected chi connectivity index (χ2v) is 9.75. The Morgan fingerprint density at radius 2 is 1.86 bits per heavy atom. The number of carbonyl (C=O) groups excluding carboxylic acids is 2. The van der Waals surface area contributed by atoms with E-state index in [4.69, 9.17) is 14.2 Å². The molecule has 12 heteroatoms. The Morgan fingerprint density at radius 3 is 2.57 bits per heavy atom. The monoisotopic (exact) mass is 491 g/mol. The van der Waals surface area contributed by atoms with Crippen molar-refractivity contribution in [1.82, 2.24) is 19.5 Å². The van der Waals surface area contributed by atoms with Crippen molar-refractivity contribution < 1.29 is 34.0 Å². The van der Waals surface area contributed by atoms with Gasteiger partial charge in [-0.05, 0) is 12.8 Å². The van der Waals surface area contributed by atoms with Crippen molar-refractivity contribution in [2.24, 2.45) is 11.8 Å². The van der Waals surface area contributed by atoms with Gasteiger partial charge in [0.05, 0.1) is 18.2 Å². The van der Waals surface area contributed by atoms with Crippen LogP contribution in [0.5, 0.6) is 0 Å². The van der Waals surface area contributed by atoms with Gasteiger partial charge in [-0.15, -0.1) is 0 Å². The third kappa shape index (κ3) is 5.39. The lowest BCUT2D eigenvalue weighted by molar-refractivity contribution is -0.154. The van der Waals surface area contributed by atoms with Gasteiger partial charge < -0.3 is 29.7 Å². The minimum absolute atomic E-state index is 0.0541. The first-order valence-electron chi connectivity index (χ1n) is 12.0. The summed E-state index contributed by atoms with van der Waals surface area (Å²) in [6, 6.07) is 0.0541. The topological polar surface area (TPSA) is 158 Å². The molecular formula is C23H33N5O7. The van der Waals surface area contributed by atoms with Crippen molar-refractivity contribution in [3.63, 3.8) is 0 Å². The summed E-state index contributed by atoms with van der Waals surface area (Å²) >= 11 is 0. The van der Waals surface area contributed by atoms with Crippen LogP contribution in [0.15, 0.2) is 12.7 Å². The highest BCUT2D eigenvalue weighted by molar-refractivity contribution is 5.83. The van der Waals surface area contributed by atoms with Crippen LogP contribution in [0, 0.1) is 11.8 Å². The first kappa shape index (κ1) is 25.3. The minimum Gasteiger partial charge on any atom is -0.463 e. The van der Waals surface area contributed by atoms with Crippen LogP contribution in [0.2, 0.25) is 0 Å². The normalized spacial score (nSPS) is 28.7. The molecule has 1 aliphatic carbocycles. The molecular weight excluding hydrogens is 458 g/mol. The van der Waals surface area contributed by atoms with Crippen molar-refractivity contribution in [3.8, 4) is 0 Å².